The molecule has 1 aromatic rings. The lowest BCUT2D eigenvalue weighted by Gasteiger charge is -2.32. The van der Waals surface area contributed by atoms with Gasteiger partial charge in [-0.15, -0.1) is 0 Å². The lowest BCUT2D eigenvalue weighted by Crippen LogP contribution is -2.41. The number of hydrogen-bond donors (Lipinski definition) is 2. The first-order chi connectivity index (χ1) is 13.2. The quantitative estimate of drug-likeness (QED) is 0.688. The first-order valence-electron chi connectivity index (χ1n) is 9.66. The van der Waals surface area contributed by atoms with Crippen LogP contribution in [0.25, 0.3) is 6.08 Å². The summed E-state index contributed by atoms with van der Waals surface area (Å²) in [5, 5.41) is 12.7. The molecule has 0 aromatic heterocycles. The van der Waals surface area contributed by atoms with Crippen LogP contribution >= 0.6 is 11.6 Å². The van der Waals surface area contributed by atoms with Crippen molar-refractivity contribution in [3.8, 4) is 0 Å². The Labute approximate surface area is 178 Å². The fourth-order valence-corrected chi connectivity index (χ4v) is 2.88. The molecule has 0 saturated carbocycles. The van der Waals surface area contributed by atoms with Gasteiger partial charge in [0.1, 0.15) is 5.60 Å². The van der Waals surface area contributed by atoms with E-state index >= 15 is 0 Å². The Balaban J connectivity index is 2.30. The van der Waals surface area contributed by atoms with Crippen molar-refractivity contribution in [2.24, 2.45) is 0 Å². The fourth-order valence-electron chi connectivity index (χ4n) is 2.70. The molecular weight excluding hydrogens is 392 g/mol. The molecule has 1 fully saturated rings. The Morgan fingerprint density at radius 3 is 2.34 bits per heavy atom. The van der Waals surface area contributed by atoms with Gasteiger partial charge in [0.25, 0.3) is 0 Å². The highest BCUT2D eigenvalue weighted by molar-refractivity contribution is 6.56. The lowest BCUT2D eigenvalue weighted by molar-refractivity contribution is 0.00578. The zero-order valence-corrected chi connectivity index (χ0v) is 19.0. The molecule has 0 spiro atoms. The van der Waals surface area contributed by atoms with Crippen LogP contribution in [0.2, 0.25) is 5.02 Å². The van der Waals surface area contributed by atoms with E-state index in [1.807, 2.05) is 60.6 Å². The van der Waals surface area contributed by atoms with E-state index in [4.69, 9.17) is 25.6 Å². The highest BCUT2D eigenvalue weighted by atomic mass is 35.5. The minimum Gasteiger partial charge on any atom is -0.444 e. The number of alkyl carbamates (subject to hydrolysis) is 1. The second-order valence-electron chi connectivity index (χ2n) is 9.17. The van der Waals surface area contributed by atoms with Gasteiger partial charge in [-0.3, -0.25) is 0 Å². The van der Waals surface area contributed by atoms with Crippen molar-refractivity contribution in [3.05, 3.63) is 39.8 Å². The SMILES string of the molecule is CC(C)(C)OC(=O)NCC(=Cc1ccc(Cl)c(CO)c1)B1OC(C)(C)C(C)(C)O1. The number of aliphatic hydroxyl groups excluding tert-OH is 1. The molecule has 1 saturated heterocycles. The molecule has 1 amide bonds. The van der Waals surface area contributed by atoms with E-state index in [0.29, 0.717) is 10.6 Å². The van der Waals surface area contributed by atoms with Crippen LogP contribution in [0.5, 0.6) is 0 Å². The Bertz CT molecular complexity index is 770. The minimum atomic E-state index is -0.636. The van der Waals surface area contributed by atoms with E-state index < -0.39 is 30.0 Å². The van der Waals surface area contributed by atoms with Gasteiger partial charge in [-0.25, -0.2) is 4.79 Å². The van der Waals surface area contributed by atoms with Gasteiger partial charge in [-0.05, 0) is 77.2 Å². The third-order valence-corrected chi connectivity index (χ3v) is 5.35. The highest BCUT2D eigenvalue weighted by Crippen LogP contribution is 2.38. The molecule has 2 N–H and O–H groups in total. The average Bonchev–Trinajstić information content (AvgIpc) is 2.79. The molecular formula is C21H31BClNO5. The summed E-state index contributed by atoms with van der Waals surface area (Å²) in [7, 11) is -0.636. The van der Waals surface area contributed by atoms with Gasteiger partial charge >= 0.3 is 13.2 Å². The third-order valence-electron chi connectivity index (χ3n) is 4.98. The van der Waals surface area contributed by atoms with Crippen molar-refractivity contribution in [1.29, 1.82) is 0 Å². The fraction of sp³-hybridized carbons (Fsp3) is 0.571. The van der Waals surface area contributed by atoms with Crippen molar-refractivity contribution < 1.29 is 23.9 Å². The number of carbonyl (C=O) groups is 1. The summed E-state index contributed by atoms with van der Waals surface area (Å²) >= 11 is 6.10. The topological polar surface area (TPSA) is 77.0 Å². The Hall–Kier alpha value is -1.54. The van der Waals surface area contributed by atoms with Crippen LogP contribution in [-0.4, -0.2) is 41.7 Å². The van der Waals surface area contributed by atoms with Crippen LogP contribution in [0.3, 0.4) is 0 Å². The van der Waals surface area contributed by atoms with Crippen molar-refractivity contribution in [3.63, 3.8) is 0 Å². The predicted molar refractivity (Wildman–Crippen MR) is 116 cm³/mol. The van der Waals surface area contributed by atoms with E-state index in [9.17, 15) is 9.90 Å². The molecule has 0 aliphatic carbocycles. The second-order valence-corrected chi connectivity index (χ2v) is 9.58. The van der Waals surface area contributed by atoms with Gasteiger partial charge in [0.05, 0.1) is 17.8 Å². The van der Waals surface area contributed by atoms with E-state index in [1.165, 1.54) is 0 Å². The Morgan fingerprint density at radius 1 is 1.24 bits per heavy atom. The molecule has 0 radical (unpaired) electrons. The maximum Gasteiger partial charge on any atom is 0.492 e. The Kier molecular flexibility index (Phi) is 7.11. The standard InChI is InChI=1S/C21H31BClNO5/c1-19(2,3)27-18(26)24-12-16(22-28-20(4,5)21(6,7)29-22)11-14-8-9-17(23)15(10-14)13-25/h8-11,25H,12-13H2,1-7H3,(H,24,26). The second kappa shape index (κ2) is 8.68. The van der Waals surface area contributed by atoms with Crippen molar-refractivity contribution in [1.82, 2.24) is 5.32 Å². The number of rotatable bonds is 5. The summed E-state index contributed by atoms with van der Waals surface area (Å²) in [5.41, 5.74) is 0.534. The molecule has 1 aromatic carbocycles. The number of ether oxygens (including phenoxy) is 1. The molecule has 1 aliphatic heterocycles. The van der Waals surface area contributed by atoms with Crippen LogP contribution in [0, 0.1) is 0 Å². The first kappa shape index (κ1) is 23.7. The normalized spacial score (nSPS) is 18.7. The number of amides is 1. The van der Waals surface area contributed by atoms with Crippen LogP contribution in [0.15, 0.2) is 23.7 Å². The van der Waals surface area contributed by atoms with Crippen molar-refractivity contribution in [2.45, 2.75) is 71.9 Å². The summed E-state index contributed by atoms with van der Waals surface area (Å²) in [5.74, 6) is 0. The largest absolute Gasteiger partial charge is 0.492 e. The molecule has 1 heterocycles. The molecule has 2 rings (SSSR count). The van der Waals surface area contributed by atoms with Gasteiger partial charge in [0.2, 0.25) is 0 Å². The predicted octanol–water partition coefficient (Wildman–Crippen LogP) is 4.37. The minimum absolute atomic E-state index is 0.164. The molecule has 8 heteroatoms. The van der Waals surface area contributed by atoms with E-state index in [0.717, 1.165) is 11.0 Å². The third kappa shape index (κ3) is 6.22. The molecule has 6 nitrogen and oxygen atoms in total. The maximum atomic E-state index is 12.1. The smallest absolute Gasteiger partial charge is 0.444 e. The summed E-state index contributed by atoms with van der Waals surface area (Å²) in [6.07, 6.45) is 1.35. The van der Waals surface area contributed by atoms with E-state index in [-0.39, 0.29) is 13.2 Å². The number of aliphatic hydroxyl groups is 1. The van der Waals surface area contributed by atoms with E-state index in [1.54, 1.807) is 12.1 Å². The van der Waals surface area contributed by atoms with Gasteiger partial charge in [0.15, 0.2) is 0 Å². The first-order valence-corrected chi connectivity index (χ1v) is 10.0. The lowest BCUT2D eigenvalue weighted by atomic mass is 9.77. The summed E-state index contributed by atoms with van der Waals surface area (Å²) in [6.45, 7) is 13.3. The maximum absolute atomic E-state index is 12.1. The van der Waals surface area contributed by atoms with Gasteiger partial charge in [-0.1, -0.05) is 23.7 Å². The van der Waals surface area contributed by atoms with Crippen LogP contribution in [0.4, 0.5) is 4.79 Å². The van der Waals surface area contributed by atoms with Gasteiger partial charge < -0.3 is 24.5 Å². The van der Waals surface area contributed by atoms with Crippen molar-refractivity contribution >= 4 is 30.9 Å². The van der Waals surface area contributed by atoms with E-state index in [2.05, 4.69) is 5.32 Å². The highest BCUT2D eigenvalue weighted by Gasteiger charge is 2.52. The average molecular weight is 424 g/mol. The van der Waals surface area contributed by atoms with Gasteiger partial charge in [-0.2, -0.15) is 0 Å². The molecule has 160 valence electrons. The van der Waals surface area contributed by atoms with Crippen LogP contribution < -0.4 is 5.32 Å². The zero-order chi connectivity index (χ0) is 22.0. The molecule has 0 atom stereocenters. The molecule has 29 heavy (non-hydrogen) atoms. The monoisotopic (exact) mass is 423 g/mol. The zero-order valence-electron chi connectivity index (χ0n) is 18.3. The van der Waals surface area contributed by atoms with Crippen LogP contribution in [-0.2, 0) is 20.7 Å². The number of benzene rings is 1. The molecule has 0 unspecified atom stereocenters. The summed E-state index contributed by atoms with van der Waals surface area (Å²) in [6, 6.07) is 5.35. The molecule has 0 bridgehead atoms. The number of carbonyl (C=O) groups excluding carboxylic acids is 1. The van der Waals surface area contributed by atoms with Crippen LogP contribution in [0.1, 0.15) is 59.6 Å². The van der Waals surface area contributed by atoms with Gasteiger partial charge in [0, 0.05) is 11.6 Å². The Morgan fingerprint density at radius 2 is 1.83 bits per heavy atom. The summed E-state index contributed by atoms with van der Waals surface area (Å²) < 4.78 is 17.6. The number of halogens is 1. The number of nitrogens with one attached hydrogen (secondary N) is 1. The summed E-state index contributed by atoms with van der Waals surface area (Å²) in [4.78, 5) is 12.1. The number of hydrogen-bond acceptors (Lipinski definition) is 5. The molecule has 1 aliphatic rings. The van der Waals surface area contributed by atoms with Crippen molar-refractivity contribution in [2.75, 3.05) is 6.54 Å².